The highest BCUT2D eigenvalue weighted by molar-refractivity contribution is 4.97. The molecule has 19 heavy (non-hydrogen) atoms. The third-order valence-corrected chi connectivity index (χ3v) is 5.36. The fraction of sp³-hybridized carbons (Fsp3) is 1.00. The maximum atomic E-state index is 12.5. The Balaban J connectivity index is 1.79. The highest BCUT2D eigenvalue weighted by Crippen LogP contribution is 2.54. The van der Waals surface area contributed by atoms with Gasteiger partial charge in [0, 0.05) is 6.61 Å². The average molecular weight is 280 g/mol. The third kappa shape index (κ3) is 2.77. The topological polar surface area (TPSA) is 29.5 Å². The predicted octanol–water partition coefficient (Wildman–Crippen LogP) is 3.24. The molecule has 2 aliphatic carbocycles. The van der Waals surface area contributed by atoms with Crippen LogP contribution in [0.3, 0.4) is 0 Å². The molecule has 2 aliphatic rings. The number of fused-ring (bicyclic) bond motifs is 2. The van der Waals surface area contributed by atoms with Gasteiger partial charge in [0.15, 0.2) is 5.60 Å². The van der Waals surface area contributed by atoms with Crippen molar-refractivity contribution in [2.45, 2.75) is 45.4 Å². The van der Waals surface area contributed by atoms with Crippen LogP contribution >= 0.6 is 0 Å². The minimum Gasteiger partial charge on any atom is -0.379 e. The van der Waals surface area contributed by atoms with Crippen LogP contribution in [0.15, 0.2) is 0 Å². The van der Waals surface area contributed by atoms with Crippen molar-refractivity contribution in [2.75, 3.05) is 13.2 Å². The van der Waals surface area contributed by atoms with Crippen LogP contribution in [0.5, 0.6) is 0 Å². The van der Waals surface area contributed by atoms with Crippen LogP contribution in [0.25, 0.3) is 0 Å². The average Bonchev–Trinajstić information content (AvgIpc) is 2.78. The first-order valence-electron chi connectivity index (χ1n) is 7.00. The smallest absolute Gasteiger partial charge is 0.379 e. The second-order valence-corrected chi connectivity index (χ2v) is 6.66. The molecule has 0 aromatic heterocycles. The summed E-state index contributed by atoms with van der Waals surface area (Å²) >= 11 is 0. The van der Waals surface area contributed by atoms with Crippen LogP contribution in [-0.2, 0) is 4.74 Å². The lowest BCUT2D eigenvalue weighted by atomic mass is 9.76. The van der Waals surface area contributed by atoms with Crippen molar-refractivity contribution in [3.63, 3.8) is 0 Å². The van der Waals surface area contributed by atoms with Crippen molar-refractivity contribution in [3.8, 4) is 0 Å². The van der Waals surface area contributed by atoms with E-state index in [-0.39, 0.29) is 0 Å². The highest BCUT2D eigenvalue weighted by Gasteiger charge is 2.51. The second-order valence-electron chi connectivity index (χ2n) is 6.66. The standard InChI is InChI=1S/C14H23F3O2/c1-8-9(2)12-5-10(8)4-11(12)6-19-7-13(3,18)14(15,16)17/h8-12,18H,4-7H2,1-3H3/t8?,9?,10?,11?,12?,13-/m0/s1. The molecule has 2 rings (SSSR count). The van der Waals surface area contributed by atoms with Crippen LogP contribution in [0.1, 0.15) is 33.6 Å². The summed E-state index contributed by atoms with van der Waals surface area (Å²) in [5.74, 6) is 3.00. The summed E-state index contributed by atoms with van der Waals surface area (Å²) in [5.41, 5.74) is -2.75. The minimum atomic E-state index is -4.64. The van der Waals surface area contributed by atoms with E-state index in [2.05, 4.69) is 13.8 Å². The van der Waals surface area contributed by atoms with Gasteiger partial charge in [0.25, 0.3) is 0 Å². The van der Waals surface area contributed by atoms with Crippen LogP contribution in [0, 0.1) is 29.6 Å². The van der Waals surface area contributed by atoms with Crippen LogP contribution in [0.4, 0.5) is 13.2 Å². The van der Waals surface area contributed by atoms with Gasteiger partial charge < -0.3 is 9.84 Å². The Kier molecular flexibility index (Phi) is 3.91. The van der Waals surface area contributed by atoms with Crippen molar-refractivity contribution >= 4 is 0 Å². The van der Waals surface area contributed by atoms with E-state index >= 15 is 0 Å². The molecule has 5 heteroatoms. The van der Waals surface area contributed by atoms with Gasteiger partial charge in [-0.15, -0.1) is 0 Å². The molecule has 0 aromatic carbocycles. The molecule has 2 bridgehead atoms. The first-order chi connectivity index (χ1) is 8.63. The van der Waals surface area contributed by atoms with Gasteiger partial charge >= 0.3 is 6.18 Å². The summed E-state index contributed by atoms with van der Waals surface area (Å²) in [6.45, 7) is 4.92. The molecule has 2 saturated carbocycles. The van der Waals surface area contributed by atoms with E-state index in [4.69, 9.17) is 4.74 Å². The number of rotatable bonds is 4. The van der Waals surface area contributed by atoms with Gasteiger partial charge in [0.1, 0.15) is 0 Å². The van der Waals surface area contributed by atoms with Crippen molar-refractivity contribution in [1.29, 1.82) is 0 Å². The number of alkyl halides is 3. The number of aliphatic hydroxyl groups is 1. The van der Waals surface area contributed by atoms with E-state index in [1.165, 1.54) is 6.42 Å². The van der Waals surface area contributed by atoms with Crippen LogP contribution in [-0.4, -0.2) is 30.1 Å². The molecule has 0 saturated heterocycles. The molecule has 0 aromatic rings. The molecule has 0 spiro atoms. The lowest BCUT2D eigenvalue weighted by Gasteiger charge is -2.32. The third-order valence-electron chi connectivity index (χ3n) is 5.36. The summed E-state index contributed by atoms with van der Waals surface area (Å²) in [4.78, 5) is 0. The number of halogens is 3. The lowest BCUT2D eigenvalue weighted by Crippen LogP contribution is -2.46. The van der Waals surface area contributed by atoms with E-state index < -0.39 is 18.4 Å². The molecule has 5 unspecified atom stereocenters. The Morgan fingerprint density at radius 3 is 2.26 bits per heavy atom. The molecule has 0 heterocycles. The molecule has 6 atom stereocenters. The van der Waals surface area contributed by atoms with Crippen LogP contribution in [0.2, 0.25) is 0 Å². The zero-order valence-electron chi connectivity index (χ0n) is 11.7. The Hall–Kier alpha value is -0.290. The molecule has 0 amide bonds. The second kappa shape index (κ2) is 4.92. The molecule has 0 aliphatic heterocycles. The van der Waals surface area contributed by atoms with E-state index in [1.807, 2.05) is 0 Å². The Morgan fingerprint density at radius 1 is 1.16 bits per heavy atom. The lowest BCUT2D eigenvalue weighted by molar-refractivity contribution is -0.268. The van der Waals surface area contributed by atoms with Gasteiger partial charge in [-0.1, -0.05) is 13.8 Å². The van der Waals surface area contributed by atoms with E-state index in [9.17, 15) is 18.3 Å². The molecule has 2 nitrogen and oxygen atoms in total. The van der Waals surface area contributed by atoms with Crippen LogP contribution < -0.4 is 0 Å². The van der Waals surface area contributed by atoms with Gasteiger partial charge in [-0.05, 0) is 49.4 Å². The van der Waals surface area contributed by atoms with E-state index in [0.717, 1.165) is 19.3 Å². The van der Waals surface area contributed by atoms with Gasteiger partial charge in [-0.2, -0.15) is 13.2 Å². The molecule has 112 valence electrons. The van der Waals surface area contributed by atoms with Crippen molar-refractivity contribution in [2.24, 2.45) is 29.6 Å². The summed E-state index contributed by atoms with van der Waals surface area (Å²) in [6, 6.07) is 0. The Labute approximate surface area is 112 Å². The largest absolute Gasteiger partial charge is 0.419 e. The summed E-state index contributed by atoms with van der Waals surface area (Å²) < 4.78 is 42.6. The normalized spacial score (nSPS) is 41.5. The SMILES string of the molecule is CC1C2CC(COC[C@](C)(O)C(F)(F)F)C(C2)C1C. The highest BCUT2D eigenvalue weighted by atomic mass is 19.4. The maximum Gasteiger partial charge on any atom is 0.419 e. The molecular weight excluding hydrogens is 257 g/mol. The first-order valence-corrected chi connectivity index (χ1v) is 7.00. The molecular formula is C14H23F3O2. The molecule has 2 fully saturated rings. The molecule has 0 radical (unpaired) electrons. The van der Waals surface area contributed by atoms with E-state index in [1.54, 1.807) is 0 Å². The van der Waals surface area contributed by atoms with Gasteiger partial charge in [-0.3, -0.25) is 0 Å². The van der Waals surface area contributed by atoms with Gasteiger partial charge in [-0.25, -0.2) is 0 Å². The summed E-state index contributed by atoms with van der Waals surface area (Å²) in [6.07, 6.45) is -2.39. The Bertz CT molecular complexity index is 325. The van der Waals surface area contributed by atoms with Gasteiger partial charge in [0.2, 0.25) is 0 Å². The van der Waals surface area contributed by atoms with Gasteiger partial charge in [0.05, 0.1) is 6.61 Å². The monoisotopic (exact) mass is 280 g/mol. The maximum absolute atomic E-state index is 12.5. The first kappa shape index (κ1) is 15.1. The fourth-order valence-corrected chi connectivity index (χ4v) is 3.78. The fourth-order valence-electron chi connectivity index (χ4n) is 3.78. The summed E-state index contributed by atoms with van der Waals surface area (Å²) in [5, 5.41) is 9.30. The number of ether oxygens (including phenoxy) is 1. The van der Waals surface area contributed by atoms with E-state index in [0.29, 0.717) is 30.3 Å². The minimum absolute atomic E-state index is 0.338. The zero-order valence-corrected chi connectivity index (χ0v) is 11.7. The van der Waals surface area contributed by atoms with Crippen molar-refractivity contribution in [1.82, 2.24) is 0 Å². The number of hydrogen-bond donors (Lipinski definition) is 1. The summed E-state index contributed by atoms with van der Waals surface area (Å²) in [7, 11) is 0. The predicted molar refractivity (Wildman–Crippen MR) is 65.5 cm³/mol. The quantitative estimate of drug-likeness (QED) is 0.856. The zero-order chi connectivity index (χ0) is 14.4. The number of hydrogen-bond acceptors (Lipinski definition) is 2. The Morgan fingerprint density at radius 2 is 1.79 bits per heavy atom. The van der Waals surface area contributed by atoms with Crippen molar-refractivity contribution < 1.29 is 23.0 Å². The van der Waals surface area contributed by atoms with Crippen molar-refractivity contribution in [3.05, 3.63) is 0 Å². The molecule has 1 N–H and O–H groups in total.